The van der Waals surface area contributed by atoms with Crippen molar-refractivity contribution in [2.75, 3.05) is 12.8 Å². The Morgan fingerprint density at radius 2 is 1.96 bits per heavy atom. The first-order chi connectivity index (χ1) is 11.0. The summed E-state index contributed by atoms with van der Waals surface area (Å²) in [5.74, 6) is 1.55. The molecule has 2 N–H and O–H groups in total. The number of nitrogen functional groups attached to an aromatic ring is 1. The molecule has 5 nitrogen and oxygen atoms in total. The van der Waals surface area contributed by atoms with Gasteiger partial charge in [-0.15, -0.1) is 0 Å². The van der Waals surface area contributed by atoms with Gasteiger partial charge in [-0.3, -0.25) is 0 Å². The van der Waals surface area contributed by atoms with E-state index in [-0.39, 0.29) is 0 Å². The minimum Gasteiger partial charge on any atom is -0.497 e. The number of methoxy groups -OCH3 is 1. The van der Waals surface area contributed by atoms with E-state index < -0.39 is 0 Å². The van der Waals surface area contributed by atoms with Crippen LogP contribution in [-0.2, 0) is 0 Å². The molecule has 0 aliphatic carbocycles. The standard InChI is InChI=1S/C18H20N4O/c1-10(2)14-11(3)22-18-16(17(19)20-9-21-18)15(14)12-6-5-7-13(8-12)23-4/h5-10H,1-4H3,(H2,19,20,21,22). The Morgan fingerprint density at radius 3 is 2.65 bits per heavy atom. The molecule has 0 saturated carbocycles. The molecule has 0 saturated heterocycles. The maximum atomic E-state index is 6.16. The van der Waals surface area contributed by atoms with Gasteiger partial charge in [-0.25, -0.2) is 15.0 Å². The quantitative estimate of drug-likeness (QED) is 0.798. The number of nitrogens with zero attached hydrogens (tertiary/aromatic N) is 3. The minimum absolute atomic E-state index is 0.299. The molecular weight excluding hydrogens is 288 g/mol. The lowest BCUT2D eigenvalue weighted by molar-refractivity contribution is 0.415. The van der Waals surface area contributed by atoms with Crippen LogP contribution in [0.2, 0.25) is 0 Å². The summed E-state index contributed by atoms with van der Waals surface area (Å²) in [6, 6.07) is 7.95. The van der Waals surface area contributed by atoms with Gasteiger partial charge >= 0.3 is 0 Å². The second-order valence-corrected chi connectivity index (χ2v) is 5.83. The number of hydrogen-bond donors (Lipinski definition) is 1. The number of fused-ring (bicyclic) bond motifs is 1. The highest BCUT2D eigenvalue weighted by Gasteiger charge is 2.20. The van der Waals surface area contributed by atoms with E-state index in [1.54, 1.807) is 7.11 Å². The first-order valence-corrected chi connectivity index (χ1v) is 7.58. The van der Waals surface area contributed by atoms with Gasteiger partial charge in [-0.05, 0) is 36.1 Å². The fraction of sp³-hybridized carbons (Fsp3) is 0.278. The molecule has 3 rings (SSSR count). The van der Waals surface area contributed by atoms with Gasteiger partial charge in [0.2, 0.25) is 0 Å². The average Bonchev–Trinajstić information content (AvgIpc) is 2.53. The molecule has 23 heavy (non-hydrogen) atoms. The van der Waals surface area contributed by atoms with Gasteiger partial charge in [0.1, 0.15) is 17.9 Å². The Hall–Kier alpha value is -2.69. The number of rotatable bonds is 3. The predicted molar refractivity (Wildman–Crippen MR) is 92.6 cm³/mol. The highest BCUT2D eigenvalue weighted by atomic mass is 16.5. The number of benzene rings is 1. The molecule has 3 aromatic rings. The van der Waals surface area contributed by atoms with Gasteiger partial charge in [0.25, 0.3) is 0 Å². The van der Waals surface area contributed by atoms with E-state index in [2.05, 4.69) is 34.9 Å². The molecule has 0 unspecified atom stereocenters. The average molecular weight is 308 g/mol. The van der Waals surface area contributed by atoms with E-state index >= 15 is 0 Å². The van der Waals surface area contributed by atoms with Crippen LogP contribution in [0.5, 0.6) is 5.75 Å². The van der Waals surface area contributed by atoms with Crippen LogP contribution in [0, 0.1) is 6.92 Å². The zero-order chi connectivity index (χ0) is 16.6. The molecule has 2 heterocycles. The number of anilines is 1. The highest BCUT2D eigenvalue weighted by molar-refractivity contribution is 6.01. The van der Waals surface area contributed by atoms with Gasteiger partial charge in [0, 0.05) is 11.3 Å². The maximum absolute atomic E-state index is 6.16. The molecule has 0 radical (unpaired) electrons. The van der Waals surface area contributed by atoms with E-state index in [1.165, 1.54) is 6.33 Å². The monoisotopic (exact) mass is 308 g/mol. The number of aryl methyl sites for hydroxylation is 1. The lowest BCUT2D eigenvalue weighted by Gasteiger charge is -2.19. The van der Waals surface area contributed by atoms with Gasteiger partial charge < -0.3 is 10.5 Å². The van der Waals surface area contributed by atoms with E-state index in [9.17, 15) is 0 Å². The van der Waals surface area contributed by atoms with Crippen molar-refractivity contribution >= 4 is 16.9 Å². The van der Waals surface area contributed by atoms with Gasteiger partial charge in [0.05, 0.1) is 12.5 Å². The van der Waals surface area contributed by atoms with E-state index in [1.807, 2.05) is 25.1 Å². The van der Waals surface area contributed by atoms with Crippen LogP contribution in [0.3, 0.4) is 0 Å². The van der Waals surface area contributed by atoms with Crippen LogP contribution < -0.4 is 10.5 Å². The van der Waals surface area contributed by atoms with Crippen LogP contribution in [0.4, 0.5) is 5.82 Å². The maximum Gasteiger partial charge on any atom is 0.165 e. The number of hydrogen-bond acceptors (Lipinski definition) is 5. The number of pyridine rings is 1. The fourth-order valence-electron chi connectivity index (χ4n) is 3.03. The van der Waals surface area contributed by atoms with Crippen molar-refractivity contribution in [1.29, 1.82) is 0 Å². The van der Waals surface area contributed by atoms with E-state index in [0.717, 1.165) is 33.5 Å². The fourth-order valence-corrected chi connectivity index (χ4v) is 3.03. The van der Waals surface area contributed by atoms with Crippen LogP contribution in [0.1, 0.15) is 31.0 Å². The SMILES string of the molecule is COc1cccc(-c2c(C(C)C)c(C)nc3ncnc(N)c23)c1. The summed E-state index contributed by atoms with van der Waals surface area (Å²) in [5.41, 5.74) is 11.0. The molecule has 0 aliphatic heterocycles. The van der Waals surface area contributed by atoms with Gasteiger partial charge in [-0.1, -0.05) is 26.0 Å². The first kappa shape index (κ1) is 15.2. The summed E-state index contributed by atoms with van der Waals surface area (Å²) in [5, 5.41) is 0.801. The summed E-state index contributed by atoms with van der Waals surface area (Å²) in [6.45, 7) is 6.32. The number of nitrogens with two attached hydrogens (primary N) is 1. The van der Waals surface area contributed by atoms with Crippen molar-refractivity contribution in [2.45, 2.75) is 26.7 Å². The first-order valence-electron chi connectivity index (χ1n) is 7.58. The van der Waals surface area contributed by atoms with Crippen molar-refractivity contribution in [3.63, 3.8) is 0 Å². The molecule has 5 heteroatoms. The van der Waals surface area contributed by atoms with Gasteiger partial charge in [-0.2, -0.15) is 0 Å². The lowest BCUT2D eigenvalue weighted by atomic mass is 9.89. The lowest BCUT2D eigenvalue weighted by Crippen LogP contribution is -2.05. The molecule has 2 aromatic heterocycles. The van der Waals surface area contributed by atoms with Crippen molar-refractivity contribution < 1.29 is 4.74 Å². The summed E-state index contributed by atoms with van der Waals surface area (Å²) < 4.78 is 5.37. The zero-order valence-electron chi connectivity index (χ0n) is 13.8. The topological polar surface area (TPSA) is 73.9 Å². The van der Waals surface area contributed by atoms with Crippen molar-refractivity contribution in [2.24, 2.45) is 0 Å². The highest BCUT2D eigenvalue weighted by Crippen LogP contribution is 2.39. The number of ether oxygens (including phenoxy) is 1. The Labute approximate surface area is 135 Å². The van der Waals surface area contributed by atoms with E-state index in [4.69, 9.17) is 10.5 Å². The molecular formula is C18H20N4O. The summed E-state index contributed by atoms with van der Waals surface area (Å²) in [4.78, 5) is 13.1. The van der Waals surface area contributed by atoms with Crippen LogP contribution >= 0.6 is 0 Å². The van der Waals surface area contributed by atoms with Gasteiger partial charge in [0.15, 0.2) is 5.65 Å². The Bertz CT molecular complexity index is 874. The zero-order valence-corrected chi connectivity index (χ0v) is 13.8. The second kappa shape index (κ2) is 5.83. The summed E-state index contributed by atoms with van der Waals surface area (Å²) in [7, 11) is 1.66. The molecule has 0 spiro atoms. The second-order valence-electron chi connectivity index (χ2n) is 5.83. The van der Waals surface area contributed by atoms with E-state index in [0.29, 0.717) is 17.4 Å². The van der Waals surface area contributed by atoms with Crippen molar-refractivity contribution in [3.8, 4) is 16.9 Å². The minimum atomic E-state index is 0.299. The Morgan fingerprint density at radius 1 is 1.17 bits per heavy atom. The third-order valence-corrected chi connectivity index (χ3v) is 3.98. The number of aromatic nitrogens is 3. The van der Waals surface area contributed by atoms with Crippen LogP contribution in [0.25, 0.3) is 22.2 Å². The molecule has 1 aromatic carbocycles. The molecule has 118 valence electrons. The summed E-state index contributed by atoms with van der Waals surface area (Å²) in [6.07, 6.45) is 1.45. The Balaban J connectivity index is 2.46. The molecule has 0 atom stereocenters. The normalized spacial score (nSPS) is 11.2. The van der Waals surface area contributed by atoms with Crippen molar-refractivity contribution in [1.82, 2.24) is 15.0 Å². The van der Waals surface area contributed by atoms with Crippen LogP contribution in [0.15, 0.2) is 30.6 Å². The predicted octanol–water partition coefficient (Wildman–Crippen LogP) is 3.71. The molecule has 0 bridgehead atoms. The van der Waals surface area contributed by atoms with Crippen LogP contribution in [-0.4, -0.2) is 22.1 Å². The third-order valence-electron chi connectivity index (χ3n) is 3.98. The smallest absolute Gasteiger partial charge is 0.165 e. The molecule has 0 amide bonds. The molecule has 0 aliphatic rings. The molecule has 0 fully saturated rings. The van der Waals surface area contributed by atoms with Crippen molar-refractivity contribution in [3.05, 3.63) is 41.9 Å². The largest absolute Gasteiger partial charge is 0.497 e. The Kier molecular flexibility index (Phi) is 3.86. The third kappa shape index (κ3) is 2.59. The summed E-state index contributed by atoms with van der Waals surface area (Å²) >= 11 is 0.